The van der Waals surface area contributed by atoms with Crippen LogP contribution in [-0.2, 0) is 9.53 Å². The van der Waals surface area contributed by atoms with Gasteiger partial charge in [-0.15, -0.1) is 0 Å². The Morgan fingerprint density at radius 3 is 2.78 bits per heavy atom. The van der Waals surface area contributed by atoms with Gasteiger partial charge in [0, 0.05) is 18.5 Å². The lowest BCUT2D eigenvalue weighted by Crippen LogP contribution is -2.47. The van der Waals surface area contributed by atoms with Crippen molar-refractivity contribution in [3.8, 4) is 0 Å². The van der Waals surface area contributed by atoms with Crippen LogP contribution in [0, 0.1) is 0 Å². The molecule has 0 saturated carbocycles. The molecule has 1 amide bonds. The third-order valence-electron chi connectivity index (χ3n) is 2.87. The Morgan fingerprint density at radius 2 is 2.22 bits per heavy atom. The largest absolute Gasteiger partial charge is 0.411 e. The van der Waals surface area contributed by atoms with E-state index in [1.54, 1.807) is 0 Å². The van der Waals surface area contributed by atoms with Crippen LogP contribution in [-0.4, -0.2) is 43.9 Å². The average Bonchev–Trinajstić information content (AvgIpc) is 2.68. The molecule has 1 rings (SSSR count). The molecule has 0 aromatic heterocycles. The lowest BCUT2D eigenvalue weighted by molar-refractivity contribution is -0.174. The Balaban J connectivity index is 2.07. The van der Waals surface area contributed by atoms with Gasteiger partial charge in [0.05, 0.1) is 6.61 Å². The quantitative estimate of drug-likeness (QED) is 0.712. The molecular formula is C11H19F3N2O2. The molecule has 1 saturated heterocycles. The number of hydrogen-bond acceptors (Lipinski definition) is 3. The summed E-state index contributed by atoms with van der Waals surface area (Å²) >= 11 is 0. The first-order chi connectivity index (χ1) is 8.31. The first-order valence-corrected chi connectivity index (χ1v) is 5.97. The summed E-state index contributed by atoms with van der Waals surface area (Å²) in [6, 6.07) is 0. The number of nitrogens with one attached hydrogen (secondary N) is 2. The fourth-order valence-electron chi connectivity index (χ4n) is 1.84. The molecule has 0 bridgehead atoms. The van der Waals surface area contributed by atoms with Gasteiger partial charge >= 0.3 is 6.18 Å². The predicted molar refractivity (Wildman–Crippen MR) is 60.1 cm³/mol. The van der Waals surface area contributed by atoms with Gasteiger partial charge in [0.25, 0.3) is 0 Å². The highest BCUT2D eigenvalue weighted by Crippen LogP contribution is 2.17. The van der Waals surface area contributed by atoms with Crippen LogP contribution in [0.5, 0.6) is 0 Å². The minimum absolute atomic E-state index is 0.0494. The van der Waals surface area contributed by atoms with Gasteiger partial charge in [-0.3, -0.25) is 4.79 Å². The van der Waals surface area contributed by atoms with Crippen LogP contribution < -0.4 is 10.6 Å². The highest BCUT2D eigenvalue weighted by atomic mass is 19.4. The smallest absolute Gasteiger partial charge is 0.372 e. The van der Waals surface area contributed by atoms with Crippen LogP contribution in [0.15, 0.2) is 0 Å². The molecule has 0 aromatic rings. The minimum Gasteiger partial charge on any atom is -0.372 e. The summed E-state index contributed by atoms with van der Waals surface area (Å²) < 4.78 is 39.6. The summed E-state index contributed by atoms with van der Waals surface area (Å²) in [6.07, 6.45) is -2.33. The third kappa shape index (κ3) is 6.20. The van der Waals surface area contributed by atoms with Crippen LogP contribution in [0.4, 0.5) is 13.2 Å². The molecule has 0 spiro atoms. The van der Waals surface area contributed by atoms with Gasteiger partial charge in [0.2, 0.25) is 5.91 Å². The average molecular weight is 268 g/mol. The second-order valence-corrected chi connectivity index (χ2v) is 4.79. The number of carbonyl (C=O) groups is 1. The summed E-state index contributed by atoms with van der Waals surface area (Å²) in [7, 11) is 0. The summed E-state index contributed by atoms with van der Waals surface area (Å²) in [4.78, 5) is 11.4. The van der Waals surface area contributed by atoms with E-state index in [9.17, 15) is 18.0 Å². The predicted octanol–water partition coefficient (Wildman–Crippen LogP) is 1.21. The molecular weight excluding hydrogens is 249 g/mol. The Kier molecular flexibility index (Phi) is 5.40. The molecule has 0 radical (unpaired) electrons. The summed E-state index contributed by atoms with van der Waals surface area (Å²) in [5.74, 6) is -0.285. The molecule has 4 nitrogen and oxygen atoms in total. The van der Waals surface area contributed by atoms with Crippen LogP contribution in [0.1, 0.15) is 26.2 Å². The van der Waals surface area contributed by atoms with Crippen molar-refractivity contribution in [2.24, 2.45) is 0 Å². The fraction of sp³-hybridized carbons (Fsp3) is 0.909. The van der Waals surface area contributed by atoms with Gasteiger partial charge in [0.15, 0.2) is 0 Å². The van der Waals surface area contributed by atoms with E-state index in [1.807, 2.05) is 6.92 Å². The third-order valence-corrected chi connectivity index (χ3v) is 2.87. The Hall–Kier alpha value is -0.820. The number of carbonyl (C=O) groups excluding carboxylic acids is 1. The fourth-order valence-corrected chi connectivity index (χ4v) is 1.84. The molecule has 18 heavy (non-hydrogen) atoms. The summed E-state index contributed by atoms with van der Waals surface area (Å²) in [5.41, 5.74) is -0.0948. The van der Waals surface area contributed by atoms with Crippen molar-refractivity contribution in [1.29, 1.82) is 0 Å². The van der Waals surface area contributed by atoms with E-state index in [-0.39, 0.29) is 24.5 Å². The van der Waals surface area contributed by atoms with Crippen molar-refractivity contribution in [2.75, 3.05) is 26.3 Å². The van der Waals surface area contributed by atoms with E-state index in [4.69, 9.17) is 0 Å². The van der Waals surface area contributed by atoms with Crippen LogP contribution >= 0.6 is 0 Å². The Bertz CT molecular complexity index is 276. The molecule has 1 fully saturated rings. The topological polar surface area (TPSA) is 50.4 Å². The number of halogens is 3. The first kappa shape index (κ1) is 15.2. The number of amides is 1. The van der Waals surface area contributed by atoms with E-state index < -0.39 is 12.8 Å². The molecule has 1 aliphatic rings. The Morgan fingerprint density at radius 1 is 1.50 bits per heavy atom. The zero-order chi connectivity index (χ0) is 13.6. The van der Waals surface area contributed by atoms with Crippen molar-refractivity contribution in [3.05, 3.63) is 0 Å². The number of alkyl halides is 3. The number of ether oxygens (including phenoxy) is 1. The molecule has 1 atom stereocenters. The normalized spacial score (nSPS) is 24.2. The van der Waals surface area contributed by atoms with Crippen LogP contribution in [0.2, 0.25) is 0 Å². The van der Waals surface area contributed by atoms with Crippen LogP contribution in [0.25, 0.3) is 0 Å². The molecule has 2 N–H and O–H groups in total. The van der Waals surface area contributed by atoms with Gasteiger partial charge in [-0.05, 0) is 26.3 Å². The maximum absolute atomic E-state index is 11.7. The van der Waals surface area contributed by atoms with E-state index >= 15 is 0 Å². The van der Waals surface area contributed by atoms with Gasteiger partial charge in [-0.2, -0.15) is 13.2 Å². The van der Waals surface area contributed by atoms with Gasteiger partial charge in [-0.1, -0.05) is 0 Å². The monoisotopic (exact) mass is 268 g/mol. The zero-order valence-electron chi connectivity index (χ0n) is 10.4. The zero-order valence-corrected chi connectivity index (χ0v) is 10.4. The van der Waals surface area contributed by atoms with Crippen LogP contribution in [0.3, 0.4) is 0 Å². The van der Waals surface area contributed by atoms with E-state index in [1.165, 1.54) is 0 Å². The molecule has 1 heterocycles. The van der Waals surface area contributed by atoms with Crippen molar-refractivity contribution in [3.63, 3.8) is 0 Å². The standard InChI is InChI=1S/C11H19F3N2O2/c1-10(4-2-5-16-10)7-15-9(17)3-6-18-8-11(12,13)14/h16H,2-8H2,1H3,(H,15,17). The van der Waals surface area contributed by atoms with Crippen molar-refractivity contribution >= 4 is 5.91 Å². The number of rotatable bonds is 6. The second-order valence-electron chi connectivity index (χ2n) is 4.79. The molecule has 106 valence electrons. The molecule has 0 aliphatic carbocycles. The van der Waals surface area contributed by atoms with Crippen molar-refractivity contribution < 1.29 is 22.7 Å². The SMILES string of the molecule is CC1(CNC(=O)CCOCC(F)(F)F)CCCN1. The lowest BCUT2D eigenvalue weighted by atomic mass is 10.0. The van der Waals surface area contributed by atoms with E-state index in [0.717, 1.165) is 19.4 Å². The summed E-state index contributed by atoms with van der Waals surface area (Å²) in [6.45, 7) is 1.92. The van der Waals surface area contributed by atoms with Gasteiger partial charge in [0.1, 0.15) is 6.61 Å². The molecule has 1 unspecified atom stereocenters. The minimum atomic E-state index is -4.34. The van der Waals surface area contributed by atoms with E-state index in [0.29, 0.717) is 6.54 Å². The number of hydrogen-bond donors (Lipinski definition) is 2. The maximum atomic E-state index is 11.7. The first-order valence-electron chi connectivity index (χ1n) is 5.97. The lowest BCUT2D eigenvalue weighted by Gasteiger charge is -2.24. The Labute approximate surface area is 104 Å². The molecule has 0 aromatic carbocycles. The maximum Gasteiger partial charge on any atom is 0.411 e. The highest BCUT2D eigenvalue weighted by molar-refractivity contribution is 5.76. The van der Waals surface area contributed by atoms with E-state index in [2.05, 4.69) is 15.4 Å². The summed E-state index contributed by atoms with van der Waals surface area (Å²) in [5, 5.41) is 5.98. The van der Waals surface area contributed by atoms with Crippen molar-refractivity contribution in [2.45, 2.75) is 37.9 Å². The van der Waals surface area contributed by atoms with Crippen molar-refractivity contribution in [1.82, 2.24) is 10.6 Å². The molecule has 7 heteroatoms. The molecule has 1 aliphatic heterocycles. The highest BCUT2D eigenvalue weighted by Gasteiger charge is 2.29. The van der Waals surface area contributed by atoms with Gasteiger partial charge < -0.3 is 15.4 Å². The van der Waals surface area contributed by atoms with Gasteiger partial charge in [-0.25, -0.2) is 0 Å². The second kappa shape index (κ2) is 6.38.